The number of aliphatic imine (C=N–C) groups is 1. The Kier molecular flexibility index (Phi) is 16.8. The van der Waals surface area contributed by atoms with Crippen LogP contribution in [0.1, 0.15) is 193 Å². The Bertz CT molecular complexity index is 3410. The Morgan fingerprint density at radius 2 is 0.947 bits per heavy atom. The number of rotatable bonds is 5. The van der Waals surface area contributed by atoms with Crippen molar-refractivity contribution in [1.82, 2.24) is 43.6 Å². The quantitative estimate of drug-likeness (QED) is 0.125. The monoisotopic (exact) mass is 1200 g/mol. The summed E-state index contributed by atoms with van der Waals surface area (Å²) < 4.78 is 10.1. The van der Waals surface area contributed by atoms with Crippen LogP contribution in [0.15, 0.2) is 78.2 Å². The molecule has 6 heterocycles. The first-order valence-corrected chi connectivity index (χ1v) is 26.3. The minimum Gasteiger partial charge on any atom is -0.339 e. The van der Waals surface area contributed by atoms with Gasteiger partial charge in [0.2, 0.25) is 12.0 Å². The van der Waals surface area contributed by atoms with E-state index in [9.17, 15) is 0 Å². The van der Waals surface area contributed by atoms with Gasteiger partial charge in [-0.3, -0.25) is 4.57 Å². The van der Waals surface area contributed by atoms with Crippen molar-refractivity contribution in [2.24, 2.45) is 4.99 Å². The van der Waals surface area contributed by atoms with Gasteiger partial charge in [-0.25, -0.2) is 19.9 Å². The van der Waals surface area contributed by atoms with Gasteiger partial charge in [-0.2, -0.15) is 63.7 Å². The zero-order chi connectivity index (χ0) is 55.4. The van der Waals surface area contributed by atoms with Gasteiger partial charge in [0.1, 0.15) is 17.7 Å². The molecule has 9 rings (SSSR count). The molecule has 12 nitrogen and oxygen atoms in total. The summed E-state index contributed by atoms with van der Waals surface area (Å²) in [5, 5.41) is 0. The predicted molar refractivity (Wildman–Crippen MR) is 304 cm³/mol. The van der Waals surface area contributed by atoms with Gasteiger partial charge in [-0.1, -0.05) is 110 Å². The van der Waals surface area contributed by atoms with E-state index in [0.717, 1.165) is 62.9 Å². The third-order valence-electron chi connectivity index (χ3n) is 12.8. The molecule has 2 aliphatic rings. The van der Waals surface area contributed by atoms with E-state index in [-0.39, 0.29) is 64.7 Å². The Labute approximate surface area is 467 Å². The maximum absolute atomic E-state index is 4.87. The van der Waals surface area contributed by atoms with Crippen molar-refractivity contribution in [1.29, 1.82) is 0 Å². The van der Waals surface area contributed by atoms with Crippen LogP contribution in [-0.2, 0) is 52.6 Å². The molecule has 2 aliphatic heterocycles. The van der Waals surface area contributed by atoms with Crippen molar-refractivity contribution < 1.29 is 29.2 Å². The Hall–Kier alpha value is -6.22. The SMILES string of the molecule is CC(C)(C)c1cc[c-]c([N+]2=C=Nc3nc(C(C)(C)C)ncc32)c1.CC(C)[N+]1=C=[N+](c2[c-]ccc(C(C)(C)C)c2)c2cnc(C(C)(C)C)nc21.CC(C)n1[c-][n+](-c2[c-]ccc(C(C)(C)C)c2)c2cnc(C(C)(C)C)nc21.[Ir]. The molecule has 0 amide bonds. The topological polar surface area (TPSA) is 108 Å². The van der Waals surface area contributed by atoms with Crippen LogP contribution < -0.4 is 13.7 Å². The molecule has 401 valence electrons. The summed E-state index contributed by atoms with van der Waals surface area (Å²) in [6.45, 7) is 47.6. The van der Waals surface area contributed by atoms with Crippen molar-refractivity contribution in [3.8, 4) is 5.69 Å². The van der Waals surface area contributed by atoms with Crippen LogP contribution in [0.3, 0.4) is 0 Å². The number of fused-ring (bicyclic) bond motifs is 3. The Morgan fingerprint density at radius 3 is 1.42 bits per heavy atom. The molecule has 3 aromatic carbocycles. The first-order chi connectivity index (χ1) is 34.6. The van der Waals surface area contributed by atoms with Crippen LogP contribution in [0.2, 0.25) is 0 Å². The van der Waals surface area contributed by atoms with Crippen LogP contribution in [-0.4, -0.2) is 57.1 Å². The molecule has 0 saturated heterocycles. The number of hydrogen-bond acceptors (Lipinski definition) is 7. The summed E-state index contributed by atoms with van der Waals surface area (Å²) in [5.74, 6) is 4.06. The molecule has 7 aromatic rings. The first-order valence-electron chi connectivity index (χ1n) is 26.3. The van der Waals surface area contributed by atoms with Gasteiger partial charge >= 0.3 is 23.7 Å². The van der Waals surface area contributed by atoms with Crippen LogP contribution in [0.25, 0.3) is 16.9 Å². The zero-order valence-corrected chi connectivity index (χ0v) is 51.7. The van der Waals surface area contributed by atoms with Crippen molar-refractivity contribution in [2.75, 3.05) is 0 Å². The van der Waals surface area contributed by atoms with Crippen LogP contribution in [0.4, 0.5) is 34.4 Å². The first kappa shape index (κ1) is 59.0. The van der Waals surface area contributed by atoms with Crippen LogP contribution in [0, 0.1) is 24.5 Å². The van der Waals surface area contributed by atoms with E-state index in [1.165, 1.54) is 16.7 Å². The molecule has 0 fully saturated rings. The third-order valence-corrected chi connectivity index (χ3v) is 12.8. The predicted octanol–water partition coefficient (Wildman–Crippen LogP) is 14.0. The van der Waals surface area contributed by atoms with Gasteiger partial charge in [0.05, 0.1) is 35.1 Å². The van der Waals surface area contributed by atoms with E-state index >= 15 is 0 Å². The number of imidazole rings is 1. The smallest absolute Gasteiger partial charge is 0.339 e. The molecule has 0 unspecified atom stereocenters. The average Bonchev–Trinajstić information content (AvgIpc) is 4.04. The van der Waals surface area contributed by atoms with E-state index in [1.807, 2.05) is 50.5 Å². The largest absolute Gasteiger partial charge is 0.457 e. The van der Waals surface area contributed by atoms with E-state index in [0.29, 0.717) is 5.82 Å². The normalized spacial score (nSPS) is 13.6. The summed E-state index contributed by atoms with van der Waals surface area (Å²) in [5.41, 5.74) is 10.2. The second kappa shape index (κ2) is 21.7. The van der Waals surface area contributed by atoms with Gasteiger partial charge in [0.25, 0.3) is 11.5 Å². The summed E-state index contributed by atoms with van der Waals surface area (Å²) >= 11 is 0. The fraction of sp³-hybridized carbons (Fsp3) is 0.476. The summed E-state index contributed by atoms with van der Waals surface area (Å²) in [4.78, 5) is 32.4. The minimum atomic E-state index is -0.101. The summed E-state index contributed by atoms with van der Waals surface area (Å²) in [6.07, 6.45) is 9.11. The van der Waals surface area contributed by atoms with Crippen molar-refractivity contribution >= 4 is 57.6 Å². The standard InChI is InChI=1S/2C22H29N4.C19H22N4.Ir/c2*1-15(2)25-14-26(17-11-9-10-16(12-17)21(3,4)5)18-13-23-20(22(6,7)8)24-19(18)25;1-18(2,3)13-8-7-9-14(10-13)23-12-21-16-15(23)11-20-17(22-16)19(4,5)6;/h2*9-10,12-13,15H,1-8H3;7-8,10-11H,1-6H3;/q-1;+1;;. The summed E-state index contributed by atoms with van der Waals surface area (Å²) in [7, 11) is 0. The maximum Gasteiger partial charge on any atom is 0.457 e. The molecule has 13 heteroatoms. The zero-order valence-electron chi connectivity index (χ0n) is 49.3. The second-order valence-electron chi connectivity index (χ2n) is 26.4. The van der Waals surface area contributed by atoms with Crippen molar-refractivity contribution in [3.63, 3.8) is 0 Å². The molecule has 0 saturated carbocycles. The minimum absolute atomic E-state index is 0. The summed E-state index contributed by atoms with van der Waals surface area (Å²) in [6, 6.07) is 35.7. The van der Waals surface area contributed by atoms with Gasteiger partial charge in [0, 0.05) is 52.8 Å². The fourth-order valence-electron chi connectivity index (χ4n) is 8.08. The van der Waals surface area contributed by atoms with Crippen LogP contribution >= 0.6 is 0 Å². The molecule has 0 bridgehead atoms. The second-order valence-corrected chi connectivity index (χ2v) is 26.4. The molecule has 0 atom stereocenters. The molecule has 4 aromatic heterocycles. The number of nitrogens with zero attached hydrogens (tertiary/aromatic N) is 12. The number of hydrogen-bond donors (Lipinski definition) is 0. The fourth-order valence-corrected chi connectivity index (χ4v) is 8.08. The van der Waals surface area contributed by atoms with E-state index < -0.39 is 0 Å². The Balaban J connectivity index is 0.000000184. The maximum atomic E-state index is 4.87. The van der Waals surface area contributed by atoms with E-state index in [2.05, 4.69) is 259 Å². The van der Waals surface area contributed by atoms with Crippen molar-refractivity contribution in [3.05, 3.63) is 132 Å². The van der Waals surface area contributed by atoms with Crippen molar-refractivity contribution in [2.45, 2.75) is 197 Å². The van der Waals surface area contributed by atoms with E-state index in [1.54, 1.807) is 0 Å². The Morgan fingerprint density at radius 1 is 0.513 bits per heavy atom. The van der Waals surface area contributed by atoms with Gasteiger partial charge in [0.15, 0.2) is 5.65 Å². The third kappa shape index (κ3) is 13.1. The molecular weight excluding hydrogens is 1120 g/mol. The van der Waals surface area contributed by atoms with Gasteiger partial charge < -0.3 is 4.57 Å². The van der Waals surface area contributed by atoms with E-state index in [4.69, 9.17) is 9.97 Å². The molecule has 0 N–H and O–H groups in total. The number of benzene rings is 3. The molecule has 0 spiro atoms. The average molecular weight is 1200 g/mol. The molecule has 0 aliphatic carbocycles. The van der Waals surface area contributed by atoms with Gasteiger partial charge in [-0.15, -0.1) is 44.5 Å². The molecule has 76 heavy (non-hydrogen) atoms. The molecular formula is C63H80IrN12. The van der Waals surface area contributed by atoms with Gasteiger partial charge in [-0.05, 0) is 64.7 Å². The number of aromatic nitrogens is 8. The van der Waals surface area contributed by atoms with Crippen LogP contribution in [0.5, 0.6) is 0 Å². The molecule has 1 radical (unpaired) electrons.